The molecule has 0 unspecified atom stereocenters. The van der Waals surface area contributed by atoms with Crippen molar-refractivity contribution in [1.82, 2.24) is 14.8 Å². The third-order valence-electron chi connectivity index (χ3n) is 2.47. The fourth-order valence-corrected chi connectivity index (χ4v) is 1.61. The van der Waals surface area contributed by atoms with Crippen LogP contribution in [0.25, 0.3) is 0 Å². The van der Waals surface area contributed by atoms with Crippen molar-refractivity contribution in [3.63, 3.8) is 0 Å². The molecule has 0 aromatic carbocycles. The van der Waals surface area contributed by atoms with E-state index in [2.05, 4.69) is 10.1 Å². The van der Waals surface area contributed by atoms with Gasteiger partial charge in [-0.15, -0.1) is 0 Å². The Morgan fingerprint density at radius 2 is 2.42 bits per heavy atom. The van der Waals surface area contributed by atoms with Gasteiger partial charge in [0.15, 0.2) is 0 Å². The lowest BCUT2D eigenvalue weighted by Gasteiger charge is -2.02. The van der Waals surface area contributed by atoms with Gasteiger partial charge in [-0.2, -0.15) is 10.4 Å². The van der Waals surface area contributed by atoms with Crippen LogP contribution in [-0.2, 0) is 11.3 Å². The second-order valence-electron chi connectivity index (χ2n) is 3.77. The summed E-state index contributed by atoms with van der Waals surface area (Å²) >= 11 is 0. The van der Waals surface area contributed by atoms with Crippen LogP contribution in [0.15, 0.2) is 30.7 Å². The minimum atomic E-state index is -0.402. The van der Waals surface area contributed by atoms with Gasteiger partial charge in [-0.05, 0) is 13.0 Å². The van der Waals surface area contributed by atoms with E-state index in [0.29, 0.717) is 24.4 Å². The molecule has 96 valence electrons. The molecule has 0 spiro atoms. The first-order valence-corrected chi connectivity index (χ1v) is 5.78. The monoisotopic (exact) mass is 256 g/mol. The zero-order valence-electron chi connectivity index (χ0n) is 10.4. The highest BCUT2D eigenvalue weighted by molar-refractivity contribution is 5.88. The third kappa shape index (κ3) is 2.96. The Bertz CT molecular complexity index is 628. The number of carbonyl (C=O) groups is 1. The predicted octanol–water partition coefficient (Wildman–Crippen LogP) is 1.37. The molecule has 0 atom stereocenters. The van der Waals surface area contributed by atoms with Crippen LogP contribution in [0.3, 0.4) is 0 Å². The summed E-state index contributed by atoms with van der Waals surface area (Å²) in [6.07, 6.45) is 4.60. The van der Waals surface area contributed by atoms with E-state index in [4.69, 9.17) is 10.00 Å². The summed E-state index contributed by atoms with van der Waals surface area (Å²) < 4.78 is 6.45. The van der Waals surface area contributed by atoms with Gasteiger partial charge in [-0.3, -0.25) is 4.68 Å². The molecule has 19 heavy (non-hydrogen) atoms. The van der Waals surface area contributed by atoms with Gasteiger partial charge in [-0.25, -0.2) is 9.78 Å². The standard InChI is InChI=1S/C13H12N4O2/c1-2-19-13(18)11-7-16-17(9-11)8-10-4-3-5-15-12(10)6-14/h3-5,7,9H,2,8H2,1H3. The quantitative estimate of drug-likeness (QED) is 0.772. The Morgan fingerprint density at radius 3 is 3.16 bits per heavy atom. The van der Waals surface area contributed by atoms with Gasteiger partial charge in [0, 0.05) is 18.0 Å². The number of nitriles is 1. The summed E-state index contributed by atoms with van der Waals surface area (Å²) in [5.41, 5.74) is 1.50. The average Bonchev–Trinajstić information content (AvgIpc) is 2.88. The van der Waals surface area contributed by atoms with Gasteiger partial charge in [0.2, 0.25) is 0 Å². The summed E-state index contributed by atoms with van der Waals surface area (Å²) in [5.74, 6) is -0.402. The van der Waals surface area contributed by atoms with Crippen molar-refractivity contribution in [2.45, 2.75) is 13.5 Å². The maximum atomic E-state index is 11.5. The maximum absolute atomic E-state index is 11.5. The predicted molar refractivity (Wildman–Crippen MR) is 66.2 cm³/mol. The molecule has 0 aliphatic rings. The summed E-state index contributed by atoms with van der Waals surface area (Å²) in [5, 5.41) is 13.0. The fourth-order valence-electron chi connectivity index (χ4n) is 1.61. The summed E-state index contributed by atoms with van der Waals surface area (Å²) in [4.78, 5) is 15.5. The maximum Gasteiger partial charge on any atom is 0.341 e. The van der Waals surface area contributed by atoms with Crippen LogP contribution in [0.2, 0.25) is 0 Å². The molecular formula is C13H12N4O2. The smallest absolute Gasteiger partial charge is 0.341 e. The molecule has 0 aliphatic heterocycles. The Hall–Kier alpha value is -2.68. The lowest BCUT2D eigenvalue weighted by molar-refractivity contribution is 0.0526. The Morgan fingerprint density at radius 1 is 1.58 bits per heavy atom. The molecule has 2 heterocycles. The van der Waals surface area contributed by atoms with Crippen molar-refractivity contribution in [2.75, 3.05) is 6.61 Å². The van der Waals surface area contributed by atoms with Crippen molar-refractivity contribution >= 4 is 5.97 Å². The van der Waals surface area contributed by atoms with E-state index in [0.717, 1.165) is 5.56 Å². The lowest BCUT2D eigenvalue weighted by atomic mass is 10.2. The number of hydrogen-bond donors (Lipinski definition) is 0. The van der Waals surface area contributed by atoms with E-state index in [9.17, 15) is 4.79 Å². The summed E-state index contributed by atoms with van der Waals surface area (Å²) in [6, 6.07) is 5.58. The first kappa shape index (κ1) is 12.8. The van der Waals surface area contributed by atoms with E-state index >= 15 is 0 Å². The molecule has 2 aromatic heterocycles. The van der Waals surface area contributed by atoms with Gasteiger partial charge in [0.25, 0.3) is 0 Å². The molecule has 2 rings (SSSR count). The number of ether oxygens (including phenoxy) is 1. The molecule has 0 amide bonds. The Balaban J connectivity index is 2.16. The van der Waals surface area contributed by atoms with Gasteiger partial charge in [0.1, 0.15) is 11.8 Å². The van der Waals surface area contributed by atoms with Crippen molar-refractivity contribution in [3.8, 4) is 6.07 Å². The lowest BCUT2D eigenvalue weighted by Crippen LogP contribution is -2.05. The van der Waals surface area contributed by atoms with Crippen LogP contribution in [0.5, 0.6) is 0 Å². The molecule has 6 nitrogen and oxygen atoms in total. The first-order valence-electron chi connectivity index (χ1n) is 5.78. The van der Waals surface area contributed by atoms with Crippen molar-refractivity contribution in [1.29, 1.82) is 5.26 Å². The molecule has 0 aliphatic carbocycles. The summed E-state index contributed by atoms with van der Waals surface area (Å²) in [6.45, 7) is 2.46. The second-order valence-corrected chi connectivity index (χ2v) is 3.77. The molecule has 0 saturated heterocycles. The van der Waals surface area contributed by atoms with Crippen molar-refractivity contribution in [2.24, 2.45) is 0 Å². The van der Waals surface area contributed by atoms with Gasteiger partial charge >= 0.3 is 5.97 Å². The number of hydrogen-bond acceptors (Lipinski definition) is 5. The minimum Gasteiger partial charge on any atom is -0.462 e. The molecule has 0 N–H and O–H groups in total. The largest absolute Gasteiger partial charge is 0.462 e. The molecule has 0 saturated carbocycles. The van der Waals surface area contributed by atoms with Crippen LogP contribution in [0.4, 0.5) is 0 Å². The van der Waals surface area contributed by atoms with E-state index in [1.165, 1.54) is 6.20 Å². The van der Waals surface area contributed by atoms with Crippen LogP contribution in [-0.4, -0.2) is 27.3 Å². The van der Waals surface area contributed by atoms with Crippen LogP contribution < -0.4 is 0 Å². The first-order chi connectivity index (χ1) is 9.24. The van der Waals surface area contributed by atoms with Gasteiger partial charge in [-0.1, -0.05) is 6.07 Å². The normalized spacial score (nSPS) is 9.89. The number of carbonyl (C=O) groups excluding carboxylic acids is 1. The third-order valence-corrected chi connectivity index (χ3v) is 2.47. The number of rotatable bonds is 4. The SMILES string of the molecule is CCOC(=O)c1cnn(Cc2cccnc2C#N)c1. The molecule has 6 heteroatoms. The average molecular weight is 256 g/mol. The minimum absolute atomic E-state index is 0.325. The number of aromatic nitrogens is 3. The highest BCUT2D eigenvalue weighted by Gasteiger charge is 2.10. The number of esters is 1. The fraction of sp³-hybridized carbons (Fsp3) is 0.231. The second kappa shape index (κ2) is 5.78. The van der Waals surface area contributed by atoms with Crippen LogP contribution in [0.1, 0.15) is 28.5 Å². The Kier molecular flexibility index (Phi) is 3.88. The van der Waals surface area contributed by atoms with E-state index in [1.807, 2.05) is 6.07 Å². The highest BCUT2D eigenvalue weighted by Crippen LogP contribution is 2.08. The van der Waals surface area contributed by atoms with Gasteiger partial charge < -0.3 is 4.74 Å². The number of nitrogens with zero attached hydrogens (tertiary/aromatic N) is 4. The zero-order chi connectivity index (χ0) is 13.7. The van der Waals surface area contributed by atoms with Crippen LogP contribution in [0, 0.1) is 11.3 Å². The van der Waals surface area contributed by atoms with E-state index in [1.54, 1.807) is 36.1 Å². The molecule has 0 radical (unpaired) electrons. The zero-order valence-corrected chi connectivity index (χ0v) is 10.4. The molecule has 2 aromatic rings. The van der Waals surface area contributed by atoms with Crippen molar-refractivity contribution < 1.29 is 9.53 Å². The van der Waals surface area contributed by atoms with E-state index in [-0.39, 0.29) is 0 Å². The molecular weight excluding hydrogens is 244 g/mol. The van der Waals surface area contributed by atoms with E-state index < -0.39 is 5.97 Å². The van der Waals surface area contributed by atoms with Gasteiger partial charge in [0.05, 0.1) is 24.9 Å². The molecule has 0 fully saturated rings. The van der Waals surface area contributed by atoms with Crippen LogP contribution >= 0.6 is 0 Å². The van der Waals surface area contributed by atoms with Crippen molar-refractivity contribution in [3.05, 3.63) is 47.5 Å². The topological polar surface area (TPSA) is 80.8 Å². The molecule has 0 bridgehead atoms. The highest BCUT2D eigenvalue weighted by atomic mass is 16.5. The summed E-state index contributed by atoms with van der Waals surface area (Å²) in [7, 11) is 0. The number of pyridine rings is 1. The Labute approximate surface area is 110 Å².